The van der Waals surface area contributed by atoms with Crippen LogP contribution in [0.5, 0.6) is 0 Å². The largest absolute Gasteiger partial charge is 0.135 e. The van der Waals surface area contributed by atoms with Crippen LogP contribution in [-0.2, 0) is 0 Å². The lowest BCUT2D eigenvalue weighted by Crippen LogP contribution is -1.91. The van der Waals surface area contributed by atoms with E-state index in [0.29, 0.717) is 0 Å². The van der Waals surface area contributed by atoms with E-state index in [4.69, 9.17) is 0 Å². The molecule has 0 saturated heterocycles. The van der Waals surface area contributed by atoms with Crippen LogP contribution in [0.3, 0.4) is 0 Å². The van der Waals surface area contributed by atoms with Gasteiger partial charge in [0, 0.05) is 45.7 Å². The van der Waals surface area contributed by atoms with Crippen molar-refractivity contribution in [2.75, 3.05) is 0 Å². The molecule has 0 radical (unpaired) electrons. The van der Waals surface area contributed by atoms with Gasteiger partial charge >= 0.3 is 0 Å². The molecule has 0 fully saturated rings. The van der Waals surface area contributed by atoms with Crippen LogP contribution in [-0.4, -0.2) is 0 Å². The van der Waals surface area contributed by atoms with Gasteiger partial charge in [-0.25, -0.2) is 0 Å². The Labute approximate surface area is 342 Å². The fourth-order valence-electron chi connectivity index (χ4n) is 9.79. The highest BCUT2D eigenvalue weighted by molar-refractivity contribution is 7.28. The topological polar surface area (TPSA) is 0 Å². The zero-order valence-corrected chi connectivity index (χ0v) is 32.9. The van der Waals surface area contributed by atoms with E-state index in [-0.39, 0.29) is 0 Å². The monoisotopic (exact) mass is 768 g/mol. The van der Waals surface area contributed by atoms with Gasteiger partial charge in [0.1, 0.15) is 0 Å². The molecule has 2 aromatic heterocycles. The SMILES string of the molecule is c1ccc2c(-c3c4ccccc4c(-c4ccc5cc(-c6ccc7ccc8c(sc9ccc%10sc%11ccccc%11c%10c98)c7c6)ccc5c4)c4ccccc34)cccc2c1. The molecule has 268 valence electrons. The molecule has 0 amide bonds. The molecule has 0 aliphatic carbocycles. The number of fused-ring (bicyclic) bond motifs is 13. The minimum absolute atomic E-state index is 1.24. The van der Waals surface area contributed by atoms with Gasteiger partial charge in [-0.1, -0.05) is 158 Å². The quantitative estimate of drug-likeness (QED) is 0.157. The van der Waals surface area contributed by atoms with Crippen molar-refractivity contribution >= 4 is 117 Å². The molecule has 2 heteroatoms. The van der Waals surface area contributed by atoms with Crippen LogP contribution in [0.15, 0.2) is 194 Å². The zero-order chi connectivity index (χ0) is 37.9. The van der Waals surface area contributed by atoms with E-state index in [9.17, 15) is 0 Å². The van der Waals surface area contributed by atoms with Gasteiger partial charge < -0.3 is 0 Å². The second kappa shape index (κ2) is 12.3. The van der Waals surface area contributed by atoms with Crippen LogP contribution < -0.4 is 0 Å². The number of thiophene rings is 2. The molecule has 0 nitrogen and oxygen atoms in total. The van der Waals surface area contributed by atoms with E-state index < -0.39 is 0 Å². The van der Waals surface area contributed by atoms with E-state index in [1.54, 1.807) is 0 Å². The van der Waals surface area contributed by atoms with E-state index in [1.807, 2.05) is 22.7 Å². The predicted molar refractivity (Wildman–Crippen MR) is 256 cm³/mol. The van der Waals surface area contributed by atoms with E-state index in [1.165, 1.54) is 128 Å². The van der Waals surface area contributed by atoms with Gasteiger partial charge in [-0.15, -0.1) is 22.7 Å². The Hall–Kier alpha value is -6.84. The Morgan fingerprint density at radius 1 is 0.259 bits per heavy atom. The minimum Gasteiger partial charge on any atom is -0.135 e. The highest BCUT2D eigenvalue weighted by Gasteiger charge is 2.19. The van der Waals surface area contributed by atoms with Crippen LogP contribution >= 0.6 is 22.7 Å². The first-order valence-electron chi connectivity index (χ1n) is 19.9. The van der Waals surface area contributed by atoms with Gasteiger partial charge in [0.25, 0.3) is 0 Å². The first kappa shape index (κ1) is 32.3. The number of benzene rings is 11. The maximum atomic E-state index is 2.42. The molecule has 13 rings (SSSR count). The molecule has 0 bridgehead atoms. The Morgan fingerprint density at radius 2 is 0.776 bits per heavy atom. The Morgan fingerprint density at radius 3 is 1.53 bits per heavy atom. The molecule has 0 aliphatic rings. The van der Waals surface area contributed by atoms with Crippen molar-refractivity contribution in [2.45, 2.75) is 0 Å². The summed E-state index contributed by atoms with van der Waals surface area (Å²) >= 11 is 3.83. The first-order valence-corrected chi connectivity index (χ1v) is 21.5. The summed E-state index contributed by atoms with van der Waals surface area (Å²) in [6, 6.07) is 72.6. The molecular weight excluding hydrogens is 737 g/mol. The molecule has 2 heterocycles. The summed E-state index contributed by atoms with van der Waals surface area (Å²) in [5.41, 5.74) is 7.59. The van der Waals surface area contributed by atoms with Gasteiger partial charge in [-0.2, -0.15) is 0 Å². The third kappa shape index (κ3) is 4.68. The van der Waals surface area contributed by atoms with Crippen molar-refractivity contribution in [1.29, 1.82) is 0 Å². The Kier molecular flexibility index (Phi) is 6.86. The van der Waals surface area contributed by atoms with Crippen molar-refractivity contribution < 1.29 is 0 Å². The summed E-state index contributed by atoms with van der Waals surface area (Å²) in [6.45, 7) is 0. The van der Waals surface area contributed by atoms with Crippen LogP contribution in [0, 0.1) is 0 Å². The number of hydrogen-bond acceptors (Lipinski definition) is 2. The summed E-state index contributed by atoms with van der Waals surface area (Å²) in [7, 11) is 0. The maximum absolute atomic E-state index is 2.42. The number of hydrogen-bond donors (Lipinski definition) is 0. The van der Waals surface area contributed by atoms with E-state index in [0.717, 1.165) is 0 Å². The smallest absolute Gasteiger partial charge is 0.0434 e. The van der Waals surface area contributed by atoms with Crippen molar-refractivity contribution in [2.24, 2.45) is 0 Å². The second-order valence-electron chi connectivity index (χ2n) is 15.5. The molecule has 58 heavy (non-hydrogen) atoms. The molecule has 0 N–H and O–H groups in total. The van der Waals surface area contributed by atoms with Crippen molar-refractivity contribution in [3.05, 3.63) is 194 Å². The molecule has 11 aromatic carbocycles. The van der Waals surface area contributed by atoms with Gasteiger partial charge in [-0.05, 0) is 118 Å². The van der Waals surface area contributed by atoms with Crippen molar-refractivity contribution in [3.8, 4) is 33.4 Å². The molecule has 13 aromatic rings. The van der Waals surface area contributed by atoms with Gasteiger partial charge in [0.15, 0.2) is 0 Å². The Balaban J connectivity index is 0.956. The predicted octanol–water partition coefficient (Wildman–Crippen LogP) is 17.2. The van der Waals surface area contributed by atoms with Gasteiger partial charge in [0.05, 0.1) is 0 Å². The lowest BCUT2D eigenvalue weighted by molar-refractivity contribution is 1.67. The third-order valence-corrected chi connectivity index (χ3v) is 14.8. The molecule has 0 aliphatic heterocycles. The zero-order valence-electron chi connectivity index (χ0n) is 31.3. The summed E-state index contributed by atoms with van der Waals surface area (Å²) in [6.07, 6.45) is 0. The van der Waals surface area contributed by atoms with Crippen molar-refractivity contribution in [3.63, 3.8) is 0 Å². The molecule has 0 saturated carbocycles. The van der Waals surface area contributed by atoms with Crippen LogP contribution in [0.1, 0.15) is 0 Å². The third-order valence-electron chi connectivity index (χ3n) is 12.4. The van der Waals surface area contributed by atoms with Crippen LogP contribution in [0.2, 0.25) is 0 Å². The minimum atomic E-state index is 1.24. The molecule has 0 unspecified atom stereocenters. The van der Waals surface area contributed by atoms with Crippen LogP contribution in [0.25, 0.3) is 128 Å². The number of rotatable bonds is 3. The maximum Gasteiger partial charge on any atom is 0.0434 e. The molecular formula is C56H32S2. The highest BCUT2D eigenvalue weighted by Crippen LogP contribution is 2.48. The lowest BCUT2D eigenvalue weighted by atomic mass is 9.84. The summed E-state index contributed by atoms with van der Waals surface area (Å²) < 4.78 is 5.44. The highest BCUT2D eigenvalue weighted by atomic mass is 32.1. The van der Waals surface area contributed by atoms with Gasteiger partial charge in [0.2, 0.25) is 0 Å². The summed E-state index contributed by atoms with van der Waals surface area (Å²) in [4.78, 5) is 0. The molecule has 0 atom stereocenters. The fourth-order valence-corrected chi connectivity index (χ4v) is 12.1. The average Bonchev–Trinajstić information content (AvgIpc) is 3.86. The molecule has 0 spiro atoms. The van der Waals surface area contributed by atoms with Crippen molar-refractivity contribution in [1.82, 2.24) is 0 Å². The fraction of sp³-hybridized carbons (Fsp3) is 0. The van der Waals surface area contributed by atoms with E-state index >= 15 is 0 Å². The summed E-state index contributed by atoms with van der Waals surface area (Å²) in [5, 5.41) is 18.3. The van der Waals surface area contributed by atoms with E-state index in [2.05, 4.69) is 194 Å². The second-order valence-corrected chi connectivity index (χ2v) is 17.7. The Bertz CT molecular complexity index is 3800. The summed E-state index contributed by atoms with van der Waals surface area (Å²) in [5.74, 6) is 0. The standard InChI is InChI=1S/C56H32S2/c1-2-12-40-33(10-1)11-9-18-41(40)53-44-15-5-3-13-42(44)52(43-14-4-6-16-45(43)53)39-25-24-35-30-36(22-23-37(35)31-39)38-21-20-34-26-27-47-55-51(58-56(47)48(34)32-38)29-28-50-54(55)46-17-7-8-19-49(46)57-50/h1-32H. The van der Waals surface area contributed by atoms with Gasteiger partial charge in [-0.3, -0.25) is 0 Å². The normalized spacial score (nSPS) is 12.1. The lowest BCUT2D eigenvalue weighted by Gasteiger charge is -2.19. The van der Waals surface area contributed by atoms with Crippen LogP contribution in [0.4, 0.5) is 0 Å². The average molecular weight is 769 g/mol. The first-order chi connectivity index (χ1) is 28.7.